The van der Waals surface area contributed by atoms with E-state index in [1.165, 1.54) is 0 Å². The summed E-state index contributed by atoms with van der Waals surface area (Å²) in [5, 5.41) is 2.78. The van der Waals surface area contributed by atoms with Crippen LogP contribution in [0.2, 0.25) is 0 Å². The largest absolute Gasteiger partial charge is 0.493 e. The summed E-state index contributed by atoms with van der Waals surface area (Å²) in [4.78, 5) is 38.4. The van der Waals surface area contributed by atoms with E-state index in [0.29, 0.717) is 18.0 Å². The predicted octanol–water partition coefficient (Wildman–Crippen LogP) is 2.80. The number of carbonyl (C=O) groups excluding carboxylic acids is 3. The first-order valence-electron chi connectivity index (χ1n) is 9.36. The minimum atomic E-state index is -0.421. The Balaban J connectivity index is 1.46. The van der Waals surface area contributed by atoms with E-state index in [1.807, 2.05) is 24.3 Å². The average molecular weight is 413 g/mol. The first-order valence-corrected chi connectivity index (χ1v) is 10.3. The topological polar surface area (TPSA) is 102 Å². The van der Waals surface area contributed by atoms with Crippen LogP contribution in [0.5, 0.6) is 5.75 Å². The fraction of sp³-hybridized carbons (Fsp3) is 0.286. The van der Waals surface area contributed by atoms with Gasteiger partial charge in [0.2, 0.25) is 17.7 Å². The summed E-state index contributed by atoms with van der Waals surface area (Å²) >= 11 is 1.74. The van der Waals surface area contributed by atoms with E-state index in [4.69, 9.17) is 10.5 Å². The Morgan fingerprint density at radius 2 is 1.79 bits per heavy atom. The molecule has 2 aromatic carbocycles. The van der Waals surface area contributed by atoms with Crippen molar-refractivity contribution < 1.29 is 19.1 Å². The summed E-state index contributed by atoms with van der Waals surface area (Å²) in [5.41, 5.74) is 6.59. The van der Waals surface area contributed by atoms with Crippen molar-refractivity contribution >= 4 is 40.9 Å². The number of thioether (sulfide) groups is 1. The van der Waals surface area contributed by atoms with E-state index in [2.05, 4.69) is 5.32 Å². The maximum absolute atomic E-state index is 12.6. The van der Waals surface area contributed by atoms with Crippen LogP contribution in [0.1, 0.15) is 19.3 Å². The number of hydrogen-bond donors (Lipinski definition) is 2. The lowest BCUT2D eigenvalue weighted by molar-refractivity contribution is -0.122. The summed E-state index contributed by atoms with van der Waals surface area (Å²) < 4.78 is 5.39. The highest BCUT2D eigenvalue weighted by molar-refractivity contribution is 7.99. The molecule has 152 valence electrons. The van der Waals surface area contributed by atoms with Gasteiger partial charge in [-0.25, -0.2) is 0 Å². The number of ether oxygens (including phenoxy) is 1. The number of primary amides is 1. The maximum atomic E-state index is 12.6. The first kappa shape index (κ1) is 20.7. The Labute approximate surface area is 173 Å². The van der Waals surface area contributed by atoms with Crippen molar-refractivity contribution in [1.82, 2.24) is 0 Å². The zero-order valence-corrected chi connectivity index (χ0v) is 16.7. The number of nitrogens with one attached hydrogen (secondary N) is 1. The van der Waals surface area contributed by atoms with Crippen molar-refractivity contribution in [3.63, 3.8) is 0 Å². The Hall–Kier alpha value is -3.00. The first-order chi connectivity index (χ1) is 14.0. The lowest BCUT2D eigenvalue weighted by Crippen LogP contribution is -2.35. The molecule has 0 bridgehead atoms. The number of anilines is 2. The molecule has 1 aliphatic heterocycles. The molecule has 0 fully saturated rings. The molecule has 0 unspecified atom stereocenters. The average Bonchev–Trinajstić information content (AvgIpc) is 2.72. The molecule has 7 nitrogen and oxygen atoms in total. The fourth-order valence-electron chi connectivity index (χ4n) is 2.91. The molecule has 2 aromatic rings. The molecule has 8 heteroatoms. The standard InChI is InChI=1S/C21H23N3O4S/c22-19(25)11-13-28-16-7-5-15(6-8-16)23-20(26)9-10-21(27)24-12-14-29-18-4-2-1-3-17(18)24/h1-8H,9-14H2,(H2,22,25)(H,23,26). The van der Waals surface area contributed by atoms with E-state index in [9.17, 15) is 14.4 Å². The Kier molecular flexibility index (Phi) is 7.13. The Bertz CT molecular complexity index is 886. The van der Waals surface area contributed by atoms with Crippen molar-refractivity contribution in [3.8, 4) is 5.75 Å². The van der Waals surface area contributed by atoms with Gasteiger partial charge in [0.15, 0.2) is 0 Å². The van der Waals surface area contributed by atoms with Crippen LogP contribution in [-0.2, 0) is 14.4 Å². The molecule has 0 saturated heterocycles. The smallest absolute Gasteiger partial charge is 0.227 e. The Morgan fingerprint density at radius 3 is 2.55 bits per heavy atom. The quantitative estimate of drug-likeness (QED) is 0.693. The molecule has 3 rings (SSSR count). The van der Waals surface area contributed by atoms with Crippen LogP contribution in [-0.4, -0.2) is 36.6 Å². The highest BCUT2D eigenvalue weighted by Gasteiger charge is 2.22. The molecule has 1 heterocycles. The van der Waals surface area contributed by atoms with Crippen LogP contribution in [0, 0.1) is 0 Å². The summed E-state index contributed by atoms with van der Waals surface area (Å²) in [6.45, 7) is 0.862. The minimum Gasteiger partial charge on any atom is -0.493 e. The SMILES string of the molecule is NC(=O)CCOc1ccc(NC(=O)CCC(=O)N2CCSc3ccccc32)cc1. The molecule has 0 aliphatic carbocycles. The monoisotopic (exact) mass is 413 g/mol. The van der Waals surface area contributed by atoms with Crippen LogP contribution in [0.15, 0.2) is 53.4 Å². The van der Waals surface area contributed by atoms with Crippen LogP contribution in [0.4, 0.5) is 11.4 Å². The van der Waals surface area contributed by atoms with E-state index < -0.39 is 5.91 Å². The third kappa shape index (κ3) is 5.99. The molecule has 0 aromatic heterocycles. The number of amides is 3. The third-order valence-electron chi connectivity index (χ3n) is 4.35. The molecule has 0 spiro atoms. The third-order valence-corrected chi connectivity index (χ3v) is 5.39. The van der Waals surface area contributed by atoms with Crippen molar-refractivity contribution in [2.24, 2.45) is 5.73 Å². The molecule has 0 atom stereocenters. The number of benzene rings is 2. The fourth-order valence-corrected chi connectivity index (χ4v) is 3.91. The lowest BCUT2D eigenvalue weighted by atomic mass is 10.2. The van der Waals surface area contributed by atoms with Gasteiger partial charge in [-0.05, 0) is 36.4 Å². The van der Waals surface area contributed by atoms with E-state index >= 15 is 0 Å². The number of fused-ring (bicyclic) bond motifs is 1. The van der Waals surface area contributed by atoms with E-state index in [1.54, 1.807) is 40.9 Å². The molecule has 0 radical (unpaired) electrons. The van der Waals surface area contributed by atoms with E-state index in [-0.39, 0.29) is 37.7 Å². The van der Waals surface area contributed by atoms with Gasteiger partial charge in [0.05, 0.1) is 18.7 Å². The second-order valence-corrected chi connectivity index (χ2v) is 7.64. The van der Waals surface area contributed by atoms with E-state index in [0.717, 1.165) is 16.3 Å². The second kappa shape index (κ2) is 9.97. The van der Waals surface area contributed by atoms with Gasteiger partial charge in [-0.3, -0.25) is 14.4 Å². The van der Waals surface area contributed by atoms with Crippen molar-refractivity contribution in [2.75, 3.05) is 29.1 Å². The number of rotatable bonds is 8. The lowest BCUT2D eigenvalue weighted by Gasteiger charge is -2.29. The number of hydrogen-bond acceptors (Lipinski definition) is 5. The molecule has 0 saturated carbocycles. The predicted molar refractivity (Wildman–Crippen MR) is 113 cm³/mol. The van der Waals surface area contributed by atoms with Crippen LogP contribution >= 0.6 is 11.8 Å². The number of carbonyl (C=O) groups is 3. The van der Waals surface area contributed by atoms with Gasteiger partial charge in [-0.1, -0.05) is 12.1 Å². The van der Waals surface area contributed by atoms with Crippen LogP contribution in [0.3, 0.4) is 0 Å². The number of para-hydroxylation sites is 1. The van der Waals surface area contributed by atoms with Crippen molar-refractivity contribution in [3.05, 3.63) is 48.5 Å². The van der Waals surface area contributed by atoms with Crippen molar-refractivity contribution in [2.45, 2.75) is 24.2 Å². The van der Waals surface area contributed by atoms with Crippen LogP contribution < -0.4 is 20.7 Å². The van der Waals surface area contributed by atoms with Gasteiger partial charge in [0, 0.05) is 35.7 Å². The van der Waals surface area contributed by atoms with Gasteiger partial charge in [0.25, 0.3) is 0 Å². The molecule has 3 amide bonds. The summed E-state index contributed by atoms with van der Waals surface area (Å²) in [7, 11) is 0. The zero-order chi connectivity index (χ0) is 20.6. The number of nitrogens with two attached hydrogens (primary N) is 1. The normalized spacial score (nSPS) is 12.8. The van der Waals surface area contributed by atoms with Gasteiger partial charge in [0.1, 0.15) is 5.75 Å². The van der Waals surface area contributed by atoms with Gasteiger partial charge >= 0.3 is 0 Å². The van der Waals surface area contributed by atoms with Gasteiger partial charge in [-0.2, -0.15) is 0 Å². The maximum Gasteiger partial charge on any atom is 0.227 e. The summed E-state index contributed by atoms with van der Waals surface area (Å²) in [6.07, 6.45) is 0.410. The molecule has 1 aliphatic rings. The number of nitrogens with zero attached hydrogens (tertiary/aromatic N) is 1. The highest BCUT2D eigenvalue weighted by atomic mass is 32.2. The molecular weight excluding hydrogens is 390 g/mol. The zero-order valence-electron chi connectivity index (χ0n) is 15.9. The minimum absolute atomic E-state index is 0.0499. The highest BCUT2D eigenvalue weighted by Crippen LogP contribution is 2.34. The second-order valence-electron chi connectivity index (χ2n) is 6.50. The van der Waals surface area contributed by atoms with Crippen molar-refractivity contribution in [1.29, 1.82) is 0 Å². The Morgan fingerprint density at radius 1 is 1.03 bits per heavy atom. The summed E-state index contributed by atoms with van der Waals surface area (Å²) in [5.74, 6) is 0.741. The molecule has 3 N–H and O–H groups in total. The van der Waals surface area contributed by atoms with Crippen LogP contribution in [0.25, 0.3) is 0 Å². The van der Waals surface area contributed by atoms with Gasteiger partial charge < -0.3 is 20.7 Å². The van der Waals surface area contributed by atoms with Gasteiger partial charge in [-0.15, -0.1) is 11.8 Å². The molecular formula is C21H23N3O4S. The molecule has 29 heavy (non-hydrogen) atoms. The summed E-state index contributed by atoms with van der Waals surface area (Å²) in [6, 6.07) is 14.6.